The Bertz CT molecular complexity index is 1050. The van der Waals surface area contributed by atoms with E-state index in [1.807, 2.05) is 44.2 Å². The van der Waals surface area contributed by atoms with Gasteiger partial charge < -0.3 is 20.1 Å². The number of carbonyl (C=O) groups is 2. The molecule has 2 heterocycles. The summed E-state index contributed by atoms with van der Waals surface area (Å²) in [7, 11) is 0. The molecule has 2 aromatic rings. The first kappa shape index (κ1) is 22.9. The summed E-state index contributed by atoms with van der Waals surface area (Å²) in [6, 6.07) is 14.9. The molecule has 0 saturated heterocycles. The lowest BCUT2D eigenvalue weighted by molar-refractivity contribution is -0.139. The van der Waals surface area contributed by atoms with E-state index in [2.05, 4.69) is 33.7 Å². The van der Waals surface area contributed by atoms with Gasteiger partial charge in [-0.25, -0.2) is 9.59 Å². The fourth-order valence-corrected chi connectivity index (χ4v) is 4.37. The molecule has 0 spiro atoms. The van der Waals surface area contributed by atoms with E-state index >= 15 is 0 Å². The monoisotopic (exact) mass is 449 g/mol. The largest absolute Gasteiger partial charge is 0.491 e. The van der Waals surface area contributed by atoms with E-state index in [4.69, 9.17) is 9.47 Å². The third-order valence-corrected chi connectivity index (χ3v) is 5.83. The summed E-state index contributed by atoms with van der Waals surface area (Å²) >= 11 is 0. The highest BCUT2D eigenvalue weighted by Gasteiger charge is 2.34. The van der Waals surface area contributed by atoms with Crippen molar-refractivity contribution in [3.05, 3.63) is 76.5 Å². The maximum absolute atomic E-state index is 13.0. The summed E-state index contributed by atoms with van der Waals surface area (Å²) in [5.41, 5.74) is 4.45. The van der Waals surface area contributed by atoms with Crippen molar-refractivity contribution in [1.82, 2.24) is 15.5 Å². The van der Waals surface area contributed by atoms with Crippen LogP contribution < -0.4 is 15.4 Å². The Balaban J connectivity index is 1.64. The van der Waals surface area contributed by atoms with Crippen LogP contribution in [0.5, 0.6) is 5.75 Å². The summed E-state index contributed by atoms with van der Waals surface area (Å²) < 4.78 is 11.1. The number of rotatable bonds is 7. The SMILES string of the molecule is CCOC(=O)C1=C(CN2CCc3ccccc3C2)NC(=O)N[C@H]1c1ccc(OC(C)C)cc1. The van der Waals surface area contributed by atoms with Crippen LogP contribution in [0.25, 0.3) is 0 Å². The fraction of sp³-hybridized carbons (Fsp3) is 0.385. The third kappa shape index (κ3) is 5.37. The lowest BCUT2D eigenvalue weighted by atomic mass is 9.94. The zero-order valence-corrected chi connectivity index (χ0v) is 19.4. The van der Waals surface area contributed by atoms with Crippen LogP contribution in [-0.2, 0) is 22.5 Å². The Morgan fingerprint density at radius 3 is 2.55 bits per heavy atom. The van der Waals surface area contributed by atoms with Crippen molar-refractivity contribution in [2.75, 3.05) is 19.7 Å². The van der Waals surface area contributed by atoms with E-state index in [1.165, 1.54) is 11.1 Å². The van der Waals surface area contributed by atoms with Crippen LogP contribution in [-0.4, -0.2) is 42.7 Å². The minimum absolute atomic E-state index is 0.0608. The van der Waals surface area contributed by atoms with Gasteiger partial charge in [-0.2, -0.15) is 0 Å². The molecule has 2 amide bonds. The number of amides is 2. The zero-order valence-electron chi connectivity index (χ0n) is 19.4. The second-order valence-electron chi connectivity index (χ2n) is 8.61. The van der Waals surface area contributed by atoms with Crippen molar-refractivity contribution in [3.63, 3.8) is 0 Å². The van der Waals surface area contributed by atoms with Crippen LogP contribution in [0.4, 0.5) is 4.79 Å². The second kappa shape index (κ2) is 10.1. The Hall–Kier alpha value is -3.32. The van der Waals surface area contributed by atoms with Gasteiger partial charge in [-0.1, -0.05) is 36.4 Å². The molecule has 2 aliphatic heterocycles. The Kier molecular flexibility index (Phi) is 6.99. The highest BCUT2D eigenvalue weighted by molar-refractivity contribution is 5.95. The van der Waals surface area contributed by atoms with Gasteiger partial charge in [0, 0.05) is 25.3 Å². The fourth-order valence-electron chi connectivity index (χ4n) is 4.37. The molecule has 2 N–H and O–H groups in total. The van der Waals surface area contributed by atoms with Gasteiger partial charge in [-0.15, -0.1) is 0 Å². The second-order valence-corrected chi connectivity index (χ2v) is 8.61. The summed E-state index contributed by atoms with van der Waals surface area (Å²) in [5, 5.41) is 5.77. The van der Waals surface area contributed by atoms with E-state index in [9.17, 15) is 9.59 Å². The molecule has 0 saturated carbocycles. The topological polar surface area (TPSA) is 79.9 Å². The van der Waals surface area contributed by atoms with Crippen molar-refractivity contribution < 1.29 is 19.1 Å². The molecule has 1 atom stereocenters. The van der Waals surface area contributed by atoms with Gasteiger partial charge in [0.15, 0.2) is 0 Å². The van der Waals surface area contributed by atoms with E-state index in [-0.39, 0.29) is 18.7 Å². The summed E-state index contributed by atoms with van der Waals surface area (Å²) in [6.07, 6.45) is 0.996. The number of hydrogen-bond acceptors (Lipinski definition) is 5. The van der Waals surface area contributed by atoms with Gasteiger partial charge >= 0.3 is 12.0 Å². The number of hydrogen-bond donors (Lipinski definition) is 2. The van der Waals surface area contributed by atoms with Gasteiger partial charge in [0.2, 0.25) is 0 Å². The number of benzene rings is 2. The molecular formula is C26H31N3O4. The molecule has 0 unspecified atom stereocenters. The van der Waals surface area contributed by atoms with Crippen LogP contribution in [0.15, 0.2) is 59.8 Å². The normalized spacial score (nSPS) is 18.4. The molecule has 0 radical (unpaired) electrons. The quantitative estimate of drug-likeness (QED) is 0.630. The highest BCUT2D eigenvalue weighted by atomic mass is 16.5. The minimum atomic E-state index is -0.599. The van der Waals surface area contributed by atoms with Gasteiger partial charge in [-0.3, -0.25) is 4.90 Å². The van der Waals surface area contributed by atoms with Crippen LogP contribution >= 0.6 is 0 Å². The number of nitrogens with one attached hydrogen (secondary N) is 2. The van der Waals surface area contributed by atoms with Gasteiger partial charge in [-0.05, 0) is 56.0 Å². The van der Waals surface area contributed by atoms with E-state index in [0.29, 0.717) is 17.8 Å². The average Bonchev–Trinajstić information content (AvgIpc) is 2.79. The lowest BCUT2D eigenvalue weighted by Gasteiger charge is -2.34. The molecule has 2 aliphatic rings. The van der Waals surface area contributed by atoms with Crippen LogP contribution in [0.1, 0.15) is 43.5 Å². The first-order chi connectivity index (χ1) is 15.9. The van der Waals surface area contributed by atoms with E-state index in [0.717, 1.165) is 30.8 Å². The van der Waals surface area contributed by atoms with Crippen LogP contribution in [0, 0.1) is 0 Å². The lowest BCUT2D eigenvalue weighted by Crippen LogP contribution is -2.49. The highest BCUT2D eigenvalue weighted by Crippen LogP contribution is 2.30. The predicted molar refractivity (Wildman–Crippen MR) is 126 cm³/mol. The molecule has 33 heavy (non-hydrogen) atoms. The number of urea groups is 1. The van der Waals surface area contributed by atoms with Crippen molar-refractivity contribution in [1.29, 1.82) is 0 Å². The molecule has 2 aromatic carbocycles. The summed E-state index contributed by atoms with van der Waals surface area (Å²) in [6.45, 7) is 8.05. The zero-order chi connectivity index (χ0) is 23.4. The molecule has 7 nitrogen and oxygen atoms in total. The molecule has 0 fully saturated rings. The van der Waals surface area contributed by atoms with Crippen LogP contribution in [0.2, 0.25) is 0 Å². The summed E-state index contributed by atoms with van der Waals surface area (Å²) in [5.74, 6) is 0.313. The van der Waals surface area contributed by atoms with Gasteiger partial charge in [0.1, 0.15) is 5.75 Å². The standard InChI is InChI=1S/C26H31N3O4/c1-4-32-25(30)23-22(16-29-14-13-18-7-5-6-8-20(18)15-29)27-26(31)28-24(23)19-9-11-21(12-10-19)33-17(2)3/h5-12,17,24H,4,13-16H2,1-3H3,(H2,27,28,31)/t24-/m0/s1. The maximum atomic E-state index is 13.0. The molecule has 0 bridgehead atoms. The van der Waals surface area contributed by atoms with E-state index < -0.39 is 12.0 Å². The number of carbonyl (C=O) groups excluding carboxylic acids is 2. The van der Waals surface area contributed by atoms with Gasteiger partial charge in [0.25, 0.3) is 0 Å². The van der Waals surface area contributed by atoms with Crippen molar-refractivity contribution in [3.8, 4) is 5.75 Å². The average molecular weight is 450 g/mol. The molecular weight excluding hydrogens is 418 g/mol. The summed E-state index contributed by atoms with van der Waals surface area (Å²) in [4.78, 5) is 27.9. The van der Waals surface area contributed by atoms with Crippen molar-refractivity contribution in [2.24, 2.45) is 0 Å². The predicted octanol–water partition coefficient (Wildman–Crippen LogP) is 3.70. The third-order valence-electron chi connectivity index (χ3n) is 5.83. The number of nitrogens with zero attached hydrogens (tertiary/aromatic N) is 1. The molecule has 4 rings (SSSR count). The Morgan fingerprint density at radius 2 is 1.85 bits per heavy atom. The van der Waals surface area contributed by atoms with Gasteiger partial charge in [0.05, 0.1) is 24.3 Å². The minimum Gasteiger partial charge on any atom is -0.491 e. The van der Waals surface area contributed by atoms with Crippen LogP contribution in [0.3, 0.4) is 0 Å². The molecule has 0 aromatic heterocycles. The molecule has 7 heteroatoms. The Labute approximate surface area is 194 Å². The van der Waals surface area contributed by atoms with E-state index in [1.54, 1.807) is 6.92 Å². The Morgan fingerprint density at radius 1 is 1.12 bits per heavy atom. The first-order valence-corrected chi connectivity index (χ1v) is 11.5. The first-order valence-electron chi connectivity index (χ1n) is 11.5. The maximum Gasteiger partial charge on any atom is 0.338 e. The smallest absolute Gasteiger partial charge is 0.338 e. The number of ether oxygens (including phenoxy) is 2. The van der Waals surface area contributed by atoms with Crippen molar-refractivity contribution >= 4 is 12.0 Å². The molecule has 174 valence electrons. The van der Waals surface area contributed by atoms with Crippen molar-refractivity contribution in [2.45, 2.75) is 45.9 Å². The number of fused-ring (bicyclic) bond motifs is 1. The molecule has 0 aliphatic carbocycles. The number of esters is 1.